The Kier molecular flexibility index (Phi) is 2.60. The van der Waals surface area contributed by atoms with Crippen molar-refractivity contribution in [1.29, 1.82) is 0 Å². The van der Waals surface area contributed by atoms with Gasteiger partial charge in [0.15, 0.2) is 0 Å². The molecule has 0 aromatic carbocycles. The van der Waals surface area contributed by atoms with Crippen molar-refractivity contribution < 1.29 is 0 Å². The molecule has 13 heavy (non-hydrogen) atoms. The molecule has 0 unspecified atom stereocenters. The molecule has 0 spiro atoms. The minimum absolute atomic E-state index is 0.438. The van der Waals surface area contributed by atoms with Crippen LogP contribution in [0.5, 0.6) is 0 Å². The lowest BCUT2D eigenvalue weighted by Crippen LogP contribution is -2.25. The molecule has 1 aromatic rings. The van der Waals surface area contributed by atoms with E-state index in [4.69, 9.17) is 5.73 Å². The maximum Gasteiger partial charge on any atom is 0.0302 e. The molecular formula is C11H16N2. The minimum atomic E-state index is 0.438. The lowest BCUT2D eigenvalue weighted by molar-refractivity contribution is 0.395. The molecule has 2 N–H and O–H groups in total. The predicted molar refractivity (Wildman–Crippen MR) is 53.4 cm³/mol. The van der Waals surface area contributed by atoms with Crippen molar-refractivity contribution in [2.24, 2.45) is 5.73 Å². The Labute approximate surface area is 79.2 Å². The first kappa shape index (κ1) is 8.70. The predicted octanol–water partition coefficient (Wildman–Crippen LogP) is 2.07. The zero-order chi connectivity index (χ0) is 9.10. The van der Waals surface area contributed by atoms with Gasteiger partial charge < -0.3 is 5.73 Å². The van der Waals surface area contributed by atoms with E-state index < -0.39 is 0 Å². The van der Waals surface area contributed by atoms with Gasteiger partial charge in [-0.1, -0.05) is 6.07 Å². The third-order valence-electron chi connectivity index (χ3n) is 2.93. The zero-order valence-electron chi connectivity index (χ0n) is 7.82. The van der Waals surface area contributed by atoms with Gasteiger partial charge in [-0.25, -0.2) is 0 Å². The Balaban J connectivity index is 2.03. The monoisotopic (exact) mass is 176 g/mol. The van der Waals surface area contributed by atoms with Gasteiger partial charge in [-0.15, -0.1) is 0 Å². The fourth-order valence-corrected chi connectivity index (χ4v) is 2.07. The summed E-state index contributed by atoms with van der Waals surface area (Å²) in [5, 5.41) is 0. The van der Waals surface area contributed by atoms with E-state index in [-0.39, 0.29) is 0 Å². The molecule has 1 saturated carbocycles. The highest BCUT2D eigenvalue weighted by atomic mass is 14.6. The lowest BCUT2D eigenvalue weighted by Gasteiger charge is -2.25. The van der Waals surface area contributed by atoms with E-state index >= 15 is 0 Å². The third-order valence-corrected chi connectivity index (χ3v) is 2.93. The van der Waals surface area contributed by atoms with Gasteiger partial charge in [0.05, 0.1) is 0 Å². The van der Waals surface area contributed by atoms with Crippen LogP contribution in [0.15, 0.2) is 24.5 Å². The number of hydrogen-bond acceptors (Lipinski definition) is 2. The first-order chi connectivity index (χ1) is 6.36. The van der Waals surface area contributed by atoms with Crippen molar-refractivity contribution in [1.82, 2.24) is 4.98 Å². The van der Waals surface area contributed by atoms with E-state index in [0.29, 0.717) is 12.0 Å². The molecular weight excluding hydrogens is 160 g/mol. The topological polar surface area (TPSA) is 38.9 Å². The van der Waals surface area contributed by atoms with Crippen LogP contribution in [0, 0.1) is 0 Å². The van der Waals surface area contributed by atoms with Gasteiger partial charge in [-0.05, 0) is 43.2 Å². The molecule has 1 aliphatic carbocycles. The maximum absolute atomic E-state index is 5.86. The average Bonchev–Trinajstić information content (AvgIpc) is 2.20. The summed E-state index contributed by atoms with van der Waals surface area (Å²) in [5.74, 6) is 0.702. The number of aromatic nitrogens is 1. The molecule has 2 nitrogen and oxygen atoms in total. The lowest BCUT2D eigenvalue weighted by atomic mass is 9.83. The number of nitrogens with zero attached hydrogens (tertiary/aromatic N) is 1. The van der Waals surface area contributed by atoms with Crippen LogP contribution in [-0.4, -0.2) is 11.0 Å². The van der Waals surface area contributed by atoms with Gasteiger partial charge >= 0.3 is 0 Å². The van der Waals surface area contributed by atoms with Crippen LogP contribution in [-0.2, 0) is 0 Å². The second-order valence-electron chi connectivity index (χ2n) is 3.90. The molecule has 0 atom stereocenters. The Morgan fingerprint density at radius 2 is 2.00 bits per heavy atom. The van der Waals surface area contributed by atoms with Gasteiger partial charge in [0.2, 0.25) is 0 Å². The normalized spacial score (nSPS) is 28.7. The minimum Gasteiger partial charge on any atom is -0.328 e. The zero-order valence-corrected chi connectivity index (χ0v) is 7.82. The van der Waals surface area contributed by atoms with Gasteiger partial charge in [-0.3, -0.25) is 4.98 Å². The molecule has 70 valence electrons. The summed E-state index contributed by atoms with van der Waals surface area (Å²) in [7, 11) is 0. The van der Waals surface area contributed by atoms with Crippen LogP contribution >= 0.6 is 0 Å². The van der Waals surface area contributed by atoms with Gasteiger partial charge in [0, 0.05) is 18.4 Å². The molecule has 0 radical (unpaired) electrons. The molecule has 1 aliphatic rings. The summed E-state index contributed by atoms with van der Waals surface area (Å²) in [6.07, 6.45) is 8.61. The van der Waals surface area contributed by atoms with E-state index in [1.807, 2.05) is 18.5 Å². The van der Waals surface area contributed by atoms with Gasteiger partial charge in [0.1, 0.15) is 0 Å². The van der Waals surface area contributed by atoms with Crippen LogP contribution in [0.25, 0.3) is 0 Å². The van der Waals surface area contributed by atoms with E-state index in [9.17, 15) is 0 Å². The van der Waals surface area contributed by atoms with Crippen molar-refractivity contribution in [2.75, 3.05) is 0 Å². The Hall–Kier alpha value is -0.890. The molecule has 0 saturated heterocycles. The fraction of sp³-hybridized carbons (Fsp3) is 0.545. The second-order valence-corrected chi connectivity index (χ2v) is 3.90. The average molecular weight is 176 g/mol. The van der Waals surface area contributed by atoms with Crippen LogP contribution in [0.3, 0.4) is 0 Å². The standard InChI is InChI=1S/C11H16N2/c12-11-5-3-9(4-6-11)10-2-1-7-13-8-10/h1-2,7-9,11H,3-6,12H2/t9-,11-. The van der Waals surface area contributed by atoms with Crippen molar-refractivity contribution in [3.05, 3.63) is 30.1 Å². The van der Waals surface area contributed by atoms with E-state index in [1.54, 1.807) is 0 Å². The van der Waals surface area contributed by atoms with Crippen LogP contribution in [0.2, 0.25) is 0 Å². The van der Waals surface area contributed by atoms with Crippen molar-refractivity contribution >= 4 is 0 Å². The Bertz CT molecular complexity index is 250. The number of pyridine rings is 1. The summed E-state index contributed by atoms with van der Waals surface area (Å²) >= 11 is 0. The highest BCUT2D eigenvalue weighted by Crippen LogP contribution is 2.31. The van der Waals surface area contributed by atoms with Gasteiger partial charge in [0.25, 0.3) is 0 Å². The maximum atomic E-state index is 5.86. The SMILES string of the molecule is N[C@H]1CC[C@H](c2cccnc2)CC1. The highest BCUT2D eigenvalue weighted by molar-refractivity contribution is 5.15. The Morgan fingerprint density at radius 1 is 1.23 bits per heavy atom. The molecule has 2 heteroatoms. The Morgan fingerprint density at radius 3 is 2.62 bits per heavy atom. The van der Waals surface area contributed by atoms with Crippen molar-refractivity contribution in [3.63, 3.8) is 0 Å². The highest BCUT2D eigenvalue weighted by Gasteiger charge is 2.19. The largest absolute Gasteiger partial charge is 0.328 e. The van der Waals surface area contributed by atoms with Crippen LogP contribution in [0.4, 0.5) is 0 Å². The van der Waals surface area contributed by atoms with Crippen LogP contribution < -0.4 is 5.73 Å². The molecule has 2 rings (SSSR count). The van der Waals surface area contributed by atoms with Crippen molar-refractivity contribution in [3.8, 4) is 0 Å². The smallest absolute Gasteiger partial charge is 0.0302 e. The first-order valence-electron chi connectivity index (χ1n) is 5.02. The summed E-state index contributed by atoms with van der Waals surface area (Å²) in [4.78, 5) is 4.15. The van der Waals surface area contributed by atoms with E-state index in [2.05, 4.69) is 11.1 Å². The third kappa shape index (κ3) is 2.07. The van der Waals surface area contributed by atoms with Gasteiger partial charge in [-0.2, -0.15) is 0 Å². The second kappa shape index (κ2) is 3.88. The summed E-state index contributed by atoms with van der Waals surface area (Å²) in [6, 6.07) is 4.63. The molecule has 0 amide bonds. The quantitative estimate of drug-likeness (QED) is 0.711. The molecule has 1 fully saturated rings. The van der Waals surface area contributed by atoms with E-state index in [0.717, 1.165) is 0 Å². The fourth-order valence-electron chi connectivity index (χ4n) is 2.07. The first-order valence-corrected chi connectivity index (χ1v) is 5.02. The number of hydrogen-bond donors (Lipinski definition) is 1. The molecule has 0 aliphatic heterocycles. The van der Waals surface area contributed by atoms with Crippen molar-refractivity contribution in [2.45, 2.75) is 37.6 Å². The number of rotatable bonds is 1. The van der Waals surface area contributed by atoms with Crippen LogP contribution in [0.1, 0.15) is 37.2 Å². The molecule has 1 aromatic heterocycles. The molecule has 0 bridgehead atoms. The summed E-state index contributed by atoms with van der Waals surface area (Å²) < 4.78 is 0. The molecule has 1 heterocycles. The van der Waals surface area contributed by atoms with E-state index in [1.165, 1.54) is 31.2 Å². The summed E-state index contributed by atoms with van der Waals surface area (Å²) in [6.45, 7) is 0. The summed E-state index contributed by atoms with van der Waals surface area (Å²) in [5.41, 5.74) is 7.24. The number of nitrogens with two attached hydrogens (primary N) is 1.